The Kier molecular flexibility index (Phi) is 3.70. The van der Waals surface area contributed by atoms with E-state index in [0.29, 0.717) is 17.9 Å². The third-order valence-electron chi connectivity index (χ3n) is 2.51. The number of anilines is 1. The van der Waals surface area contributed by atoms with E-state index >= 15 is 0 Å². The maximum atomic E-state index is 13.0. The fourth-order valence-corrected chi connectivity index (χ4v) is 1.54. The minimum atomic E-state index is -1.18. The van der Waals surface area contributed by atoms with Gasteiger partial charge in [-0.1, -0.05) is 0 Å². The van der Waals surface area contributed by atoms with Gasteiger partial charge in [0.05, 0.1) is 29.7 Å². The van der Waals surface area contributed by atoms with Gasteiger partial charge < -0.3 is 10.4 Å². The number of aromatic nitrogens is 2. The number of hydrogen-bond donors (Lipinski definition) is 2. The van der Waals surface area contributed by atoms with E-state index in [0.717, 1.165) is 11.8 Å². The fraction of sp³-hybridized carbons (Fsp3) is 0.154. The molecule has 0 spiro atoms. The van der Waals surface area contributed by atoms with Crippen molar-refractivity contribution in [3.8, 4) is 0 Å². The van der Waals surface area contributed by atoms with E-state index in [9.17, 15) is 9.18 Å². The number of hydrogen-bond acceptors (Lipinski definition) is 4. The third kappa shape index (κ3) is 3.25. The molecule has 0 atom stereocenters. The predicted molar refractivity (Wildman–Crippen MR) is 67.5 cm³/mol. The number of rotatable bonds is 4. The first-order chi connectivity index (χ1) is 9.06. The first kappa shape index (κ1) is 12.9. The summed E-state index contributed by atoms with van der Waals surface area (Å²) in [4.78, 5) is 19.2. The largest absolute Gasteiger partial charge is 0.478 e. The number of aryl methyl sites for hydroxylation is 1. The topological polar surface area (TPSA) is 75.1 Å². The average molecular weight is 261 g/mol. The average Bonchev–Trinajstić information content (AvgIpc) is 2.39. The molecule has 2 rings (SSSR count). The van der Waals surface area contributed by atoms with Gasteiger partial charge in [0.2, 0.25) is 0 Å². The molecule has 1 aromatic heterocycles. The van der Waals surface area contributed by atoms with Crippen molar-refractivity contribution in [3.63, 3.8) is 0 Å². The van der Waals surface area contributed by atoms with Crippen LogP contribution in [0, 0.1) is 12.7 Å². The zero-order valence-electron chi connectivity index (χ0n) is 10.2. The van der Waals surface area contributed by atoms with Crippen LogP contribution in [-0.4, -0.2) is 21.0 Å². The second-order valence-electron chi connectivity index (χ2n) is 4.00. The molecule has 0 unspecified atom stereocenters. The molecule has 0 aliphatic rings. The Morgan fingerprint density at radius 3 is 2.79 bits per heavy atom. The quantitative estimate of drug-likeness (QED) is 0.882. The van der Waals surface area contributed by atoms with Crippen molar-refractivity contribution in [2.24, 2.45) is 0 Å². The molecule has 0 saturated heterocycles. The van der Waals surface area contributed by atoms with Crippen LogP contribution in [-0.2, 0) is 6.54 Å². The summed E-state index contributed by atoms with van der Waals surface area (Å²) >= 11 is 0. The van der Waals surface area contributed by atoms with Crippen LogP contribution in [0.5, 0.6) is 0 Å². The molecule has 0 saturated carbocycles. The summed E-state index contributed by atoms with van der Waals surface area (Å²) < 4.78 is 13.0. The van der Waals surface area contributed by atoms with Gasteiger partial charge >= 0.3 is 5.97 Å². The molecule has 2 N–H and O–H groups in total. The van der Waals surface area contributed by atoms with Crippen LogP contribution >= 0.6 is 0 Å². The van der Waals surface area contributed by atoms with Crippen LogP contribution in [0.2, 0.25) is 0 Å². The highest BCUT2D eigenvalue weighted by atomic mass is 19.1. The lowest BCUT2D eigenvalue weighted by atomic mass is 10.1. The number of halogens is 1. The van der Waals surface area contributed by atoms with E-state index in [-0.39, 0.29) is 5.56 Å². The number of carbonyl (C=O) groups is 1. The monoisotopic (exact) mass is 261 g/mol. The van der Waals surface area contributed by atoms with Crippen LogP contribution in [0.3, 0.4) is 0 Å². The second kappa shape index (κ2) is 5.43. The molecule has 5 nitrogen and oxygen atoms in total. The summed E-state index contributed by atoms with van der Waals surface area (Å²) in [6.07, 6.45) is 3.23. The summed E-state index contributed by atoms with van der Waals surface area (Å²) in [6, 6.07) is 3.57. The molecule has 0 fully saturated rings. The minimum absolute atomic E-state index is 0.111. The van der Waals surface area contributed by atoms with E-state index < -0.39 is 11.8 Å². The number of benzene rings is 1. The number of nitrogens with one attached hydrogen (secondary N) is 1. The molecule has 0 radical (unpaired) electrons. The number of aromatic carboxylic acids is 1. The van der Waals surface area contributed by atoms with Gasteiger partial charge in [0.15, 0.2) is 0 Å². The molecule has 6 heteroatoms. The van der Waals surface area contributed by atoms with E-state index in [1.165, 1.54) is 12.1 Å². The Balaban J connectivity index is 2.15. The van der Waals surface area contributed by atoms with Crippen molar-refractivity contribution in [1.82, 2.24) is 9.97 Å². The van der Waals surface area contributed by atoms with Crippen LogP contribution in [0.1, 0.15) is 21.7 Å². The van der Waals surface area contributed by atoms with Crippen molar-refractivity contribution < 1.29 is 14.3 Å². The van der Waals surface area contributed by atoms with E-state index in [1.807, 2.05) is 6.92 Å². The van der Waals surface area contributed by atoms with Gasteiger partial charge in [-0.3, -0.25) is 9.97 Å². The number of nitrogens with zero attached hydrogens (tertiary/aromatic N) is 2. The second-order valence-corrected chi connectivity index (χ2v) is 4.00. The predicted octanol–water partition coefficient (Wildman–Crippen LogP) is 2.23. The van der Waals surface area contributed by atoms with Gasteiger partial charge in [-0.15, -0.1) is 0 Å². The first-order valence-electron chi connectivity index (χ1n) is 5.60. The number of carboxylic acids is 1. The molecular weight excluding hydrogens is 249 g/mol. The summed E-state index contributed by atoms with van der Waals surface area (Å²) in [5.74, 6) is -1.77. The Bertz CT molecular complexity index is 599. The lowest BCUT2D eigenvalue weighted by Gasteiger charge is -2.09. The summed E-state index contributed by atoms with van der Waals surface area (Å²) in [7, 11) is 0. The van der Waals surface area contributed by atoms with Gasteiger partial charge in [0, 0.05) is 11.9 Å². The third-order valence-corrected chi connectivity index (χ3v) is 2.51. The first-order valence-corrected chi connectivity index (χ1v) is 5.60. The molecule has 0 aliphatic heterocycles. The van der Waals surface area contributed by atoms with Gasteiger partial charge in [-0.05, 0) is 25.1 Å². The Labute approximate surface area is 109 Å². The van der Waals surface area contributed by atoms with E-state index in [2.05, 4.69) is 15.3 Å². The van der Waals surface area contributed by atoms with Gasteiger partial charge in [-0.25, -0.2) is 9.18 Å². The van der Waals surface area contributed by atoms with Crippen molar-refractivity contribution >= 4 is 11.7 Å². The van der Waals surface area contributed by atoms with Crippen LogP contribution in [0.25, 0.3) is 0 Å². The molecule has 98 valence electrons. The van der Waals surface area contributed by atoms with Crippen molar-refractivity contribution in [1.29, 1.82) is 0 Å². The molecule has 19 heavy (non-hydrogen) atoms. The highest BCUT2D eigenvalue weighted by Crippen LogP contribution is 2.17. The molecule has 1 aromatic carbocycles. The molecule has 0 bridgehead atoms. The van der Waals surface area contributed by atoms with Gasteiger partial charge in [-0.2, -0.15) is 0 Å². The fourth-order valence-electron chi connectivity index (χ4n) is 1.54. The summed E-state index contributed by atoms with van der Waals surface area (Å²) in [6.45, 7) is 2.14. The lowest BCUT2D eigenvalue weighted by Crippen LogP contribution is -2.08. The lowest BCUT2D eigenvalue weighted by molar-refractivity contribution is 0.0697. The van der Waals surface area contributed by atoms with Crippen molar-refractivity contribution in [3.05, 3.63) is 53.4 Å². The maximum Gasteiger partial charge on any atom is 0.337 e. The number of carboxylic acid groups (broad SMARTS) is 1. The summed E-state index contributed by atoms with van der Waals surface area (Å²) in [5, 5.41) is 11.9. The van der Waals surface area contributed by atoms with Crippen molar-refractivity contribution in [2.75, 3.05) is 5.32 Å². The maximum absolute atomic E-state index is 13.0. The van der Waals surface area contributed by atoms with E-state index in [1.54, 1.807) is 12.4 Å². The zero-order valence-corrected chi connectivity index (χ0v) is 10.2. The van der Waals surface area contributed by atoms with Crippen LogP contribution in [0.4, 0.5) is 10.1 Å². The Morgan fingerprint density at radius 1 is 1.37 bits per heavy atom. The van der Waals surface area contributed by atoms with Gasteiger partial charge in [0.1, 0.15) is 5.82 Å². The SMILES string of the molecule is Cc1cnc(CNc2ccc(F)cc2C(=O)O)cn1. The summed E-state index contributed by atoms with van der Waals surface area (Å²) in [5.41, 5.74) is 1.71. The molecule has 0 aliphatic carbocycles. The Hall–Kier alpha value is -2.50. The van der Waals surface area contributed by atoms with Gasteiger partial charge in [0.25, 0.3) is 0 Å². The van der Waals surface area contributed by atoms with Crippen LogP contribution < -0.4 is 5.32 Å². The normalized spacial score (nSPS) is 10.2. The zero-order chi connectivity index (χ0) is 13.8. The van der Waals surface area contributed by atoms with Crippen molar-refractivity contribution in [2.45, 2.75) is 13.5 Å². The highest BCUT2D eigenvalue weighted by Gasteiger charge is 2.11. The molecular formula is C13H12FN3O2. The minimum Gasteiger partial charge on any atom is -0.478 e. The molecule has 1 heterocycles. The Morgan fingerprint density at radius 2 is 2.16 bits per heavy atom. The highest BCUT2D eigenvalue weighted by molar-refractivity contribution is 5.94. The van der Waals surface area contributed by atoms with Crippen LogP contribution in [0.15, 0.2) is 30.6 Å². The standard InChI is InChI=1S/C13H12FN3O2/c1-8-5-16-10(6-15-8)7-17-12-3-2-9(14)4-11(12)13(18)19/h2-6,17H,7H2,1H3,(H,18,19). The van der Waals surface area contributed by atoms with E-state index in [4.69, 9.17) is 5.11 Å². The molecule has 0 amide bonds. The molecule has 2 aromatic rings. The smallest absolute Gasteiger partial charge is 0.337 e.